The summed E-state index contributed by atoms with van der Waals surface area (Å²) in [6.07, 6.45) is 0. The Morgan fingerprint density at radius 2 is 0.410 bits per heavy atom. The van der Waals surface area contributed by atoms with Crippen molar-refractivity contribution in [1.29, 1.82) is 0 Å². The first-order valence-electron chi connectivity index (χ1n) is 23.9. The predicted octanol–water partition coefficient (Wildman–Crippen LogP) is 16.4. The smallest absolute Gasteiger partial charge is 0.200 e. The van der Waals surface area contributed by atoms with E-state index >= 15 is 87.8 Å². The number of hydrogen-bond donors (Lipinski definition) is 0. The number of quaternary nitrogens is 1. The SMILES string of the molecule is FC1=C(F)C(F)([P+](c2ccccc2)(c2ccccc2)c2ccccc2)C([N+](c2c(F)c(F)c(F)c(F)c2F)(c2c(F)c(F)c(F)c(F)c2F)c2c(F)c(F)c(F)c(F)c2F)([P+](c2ccccc2)(c2ccccc2)c2ccccc2)C(F)=C1F. The highest BCUT2D eigenvalue weighted by molar-refractivity contribution is 8.01. The van der Waals surface area contributed by atoms with Crippen molar-refractivity contribution < 1.29 is 87.8 Å². The zero-order valence-corrected chi connectivity index (χ0v) is 43.0. The van der Waals surface area contributed by atoms with E-state index < -0.39 is 189 Å². The van der Waals surface area contributed by atoms with Gasteiger partial charge < -0.3 is 0 Å². The Labute approximate surface area is 457 Å². The van der Waals surface area contributed by atoms with Crippen LogP contribution in [0.1, 0.15) is 0 Å². The number of allylic oxidation sites excluding steroid dienone is 2. The fraction of sp³-hybridized carbons (Fsp3) is 0.0333. The van der Waals surface area contributed by atoms with Gasteiger partial charge in [0.1, 0.15) is 31.8 Å². The number of alkyl halides is 1. The zero-order chi connectivity index (χ0) is 59.9. The number of nitrogens with zero attached hydrogens (tertiary/aromatic N) is 1. The normalized spacial score (nSPS) is 16.9. The highest BCUT2D eigenvalue weighted by Crippen LogP contribution is 2.90. The predicted molar refractivity (Wildman–Crippen MR) is 275 cm³/mol. The fourth-order valence-electron chi connectivity index (χ4n) is 11.5. The zero-order valence-electron chi connectivity index (χ0n) is 41.2. The van der Waals surface area contributed by atoms with Crippen LogP contribution in [0.2, 0.25) is 0 Å². The lowest BCUT2D eigenvalue weighted by Crippen LogP contribution is -2.78. The van der Waals surface area contributed by atoms with Crippen LogP contribution in [0, 0.1) is 87.3 Å². The lowest BCUT2D eigenvalue weighted by atomic mass is 9.90. The van der Waals surface area contributed by atoms with Gasteiger partial charge in [-0.3, -0.25) is 0 Å². The van der Waals surface area contributed by atoms with Crippen LogP contribution >= 0.6 is 14.5 Å². The van der Waals surface area contributed by atoms with Gasteiger partial charge in [0, 0.05) is 0 Å². The molecule has 0 aromatic heterocycles. The lowest BCUT2D eigenvalue weighted by Gasteiger charge is -2.59. The number of halogens is 20. The first kappa shape index (κ1) is 58.1. The van der Waals surface area contributed by atoms with Gasteiger partial charge in [-0.2, -0.15) is 44.0 Å². The van der Waals surface area contributed by atoms with E-state index in [1.807, 2.05) is 0 Å². The van der Waals surface area contributed by atoms with Crippen LogP contribution in [-0.4, -0.2) is 10.7 Å². The first-order valence-corrected chi connectivity index (χ1v) is 27.5. The fourth-order valence-corrected chi connectivity index (χ4v) is 22.9. The highest BCUT2D eigenvalue weighted by atomic mass is 31.2. The molecule has 0 bridgehead atoms. The number of hydrogen-bond acceptors (Lipinski definition) is 0. The molecule has 1 aliphatic rings. The molecule has 2 atom stereocenters. The van der Waals surface area contributed by atoms with Gasteiger partial charge in [-0.15, -0.1) is 0 Å². The monoisotopic (exact) mass is 1210 g/mol. The molecule has 0 N–H and O–H groups in total. The van der Waals surface area contributed by atoms with Crippen molar-refractivity contribution in [3.05, 3.63) is 293 Å². The Kier molecular flexibility index (Phi) is 14.9. The van der Waals surface area contributed by atoms with E-state index in [4.69, 9.17) is 0 Å². The summed E-state index contributed by atoms with van der Waals surface area (Å²) in [7, 11) is -13.3. The molecule has 0 fully saturated rings. The molecule has 0 saturated carbocycles. The van der Waals surface area contributed by atoms with Gasteiger partial charge >= 0.3 is 10.7 Å². The molecule has 10 rings (SSSR count). The van der Waals surface area contributed by atoms with Gasteiger partial charge in [0.05, 0.1) is 0 Å². The lowest BCUT2D eigenvalue weighted by molar-refractivity contribution is 0.111. The van der Waals surface area contributed by atoms with Crippen molar-refractivity contribution >= 4 is 63.4 Å². The van der Waals surface area contributed by atoms with E-state index in [1.165, 1.54) is 0 Å². The third-order valence-electron chi connectivity index (χ3n) is 14.5. The van der Waals surface area contributed by atoms with Crippen LogP contribution in [0.4, 0.5) is 105 Å². The molecule has 83 heavy (non-hydrogen) atoms. The summed E-state index contributed by atoms with van der Waals surface area (Å²) in [5.74, 6) is -69.1. The van der Waals surface area contributed by atoms with Crippen molar-refractivity contribution in [1.82, 2.24) is 4.48 Å². The standard InChI is InChI=1S/C60H30F20NP2/c61-37-40(64)46(70)54(47(71)41(37)65)81(55-48(72)42(66)38(62)43(67)49(55)73,56-50(74)44(68)39(63)45(69)51(56)75)60(83(34-25-13-4-14-26-34,35-27-15-5-16-28-35)36-29-17-6-18-30-36)58(79)53(77)52(76)57(78)59(60,80)82(31-19-7-1-8-20-31,32-21-9-2-10-22-32)33-23-11-3-12-24-33/h1-30H/q+3. The minimum absolute atomic E-state index is 0.700. The third kappa shape index (κ3) is 7.48. The second-order valence-electron chi connectivity index (χ2n) is 18.3. The Bertz CT molecular complexity index is 3650. The third-order valence-corrected chi connectivity index (χ3v) is 24.3. The average molecular weight is 1210 g/mol. The largest absolute Gasteiger partial charge is 0.378 e. The summed E-state index contributed by atoms with van der Waals surface area (Å²) in [5.41, 5.74) is -11.2. The Morgan fingerprint density at radius 3 is 0.627 bits per heavy atom. The van der Waals surface area contributed by atoms with E-state index in [-0.39, 0.29) is 0 Å². The van der Waals surface area contributed by atoms with Gasteiger partial charge in [0.2, 0.25) is 128 Å². The molecular formula is C60H30F20NP2+3. The second kappa shape index (κ2) is 21.3. The number of rotatable bonds is 12. The maximum Gasteiger partial charge on any atom is 0.378 e. The molecular weight excluding hydrogens is 1180 g/mol. The molecule has 1 nitrogen and oxygen atoms in total. The van der Waals surface area contributed by atoms with Crippen molar-refractivity contribution in [2.45, 2.75) is 10.7 Å². The molecule has 9 aromatic rings. The van der Waals surface area contributed by atoms with E-state index in [9.17, 15) is 0 Å². The van der Waals surface area contributed by atoms with Gasteiger partial charge in [-0.25, -0.2) is 48.3 Å². The summed E-state index contributed by atoms with van der Waals surface area (Å²) >= 11 is 0. The summed E-state index contributed by atoms with van der Waals surface area (Å²) in [5, 5.41) is -18.1. The molecule has 0 spiro atoms. The molecule has 2 unspecified atom stereocenters. The minimum atomic E-state index is -6.86. The summed E-state index contributed by atoms with van der Waals surface area (Å²) in [6, 6.07) is 27.3. The molecule has 0 amide bonds. The molecule has 422 valence electrons. The van der Waals surface area contributed by atoms with Crippen LogP contribution in [0.15, 0.2) is 205 Å². The van der Waals surface area contributed by atoms with Crippen LogP contribution < -0.4 is 36.3 Å². The average Bonchev–Trinajstić information content (AvgIpc) is 0.661. The summed E-state index contributed by atoms with van der Waals surface area (Å²) in [4.78, 5) is 0. The van der Waals surface area contributed by atoms with E-state index in [2.05, 4.69) is 0 Å². The van der Waals surface area contributed by atoms with Gasteiger partial charge in [0.15, 0.2) is 14.5 Å². The Balaban J connectivity index is 1.83. The van der Waals surface area contributed by atoms with Crippen molar-refractivity contribution in [2.24, 2.45) is 0 Å². The molecule has 0 aliphatic heterocycles. The van der Waals surface area contributed by atoms with Crippen LogP contribution in [0.3, 0.4) is 0 Å². The molecule has 9 aromatic carbocycles. The van der Waals surface area contributed by atoms with E-state index in [1.54, 1.807) is 0 Å². The van der Waals surface area contributed by atoms with Crippen LogP contribution in [0.5, 0.6) is 0 Å². The first-order chi connectivity index (χ1) is 39.5. The minimum Gasteiger partial charge on any atom is -0.200 e. The van der Waals surface area contributed by atoms with Gasteiger partial charge in [-0.1, -0.05) is 109 Å². The number of benzene rings is 9. The van der Waals surface area contributed by atoms with Crippen molar-refractivity contribution in [3.8, 4) is 0 Å². The molecule has 0 radical (unpaired) electrons. The highest BCUT2D eigenvalue weighted by Gasteiger charge is 2.99. The molecule has 1 aliphatic carbocycles. The second-order valence-corrected chi connectivity index (χ2v) is 25.4. The van der Waals surface area contributed by atoms with Crippen molar-refractivity contribution in [3.63, 3.8) is 0 Å². The van der Waals surface area contributed by atoms with E-state index in [0.29, 0.717) is 36.4 Å². The quantitative estimate of drug-likeness (QED) is 0.0376. The summed E-state index contributed by atoms with van der Waals surface area (Å²) < 4.78 is 357. The van der Waals surface area contributed by atoms with Gasteiger partial charge in [0.25, 0.3) is 0 Å². The maximum atomic E-state index is 23.5. The Morgan fingerprint density at radius 1 is 0.229 bits per heavy atom. The van der Waals surface area contributed by atoms with E-state index in [0.717, 1.165) is 146 Å². The van der Waals surface area contributed by atoms with Crippen molar-refractivity contribution in [2.75, 3.05) is 0 Å². The van der Waals surface area contributed by atoms with Crippen LogP contribution in [-0.2, 0) is 0 Å². The molecule has 0 heterocycles. The summed E-state index contributed by atoms with van der Waals surface area (Å²) in [6.45, 7) is 0. The molecule has 0 saturated heterocycles. The maximum absolute atomic E-state index is 23.5. The van der Waals surface area contributed by atoms with Gasteiger partial charge in [-0.05, 0) is 72.8 Å². The van der Waals surface area contributed by atoms with Crippen LogP contribution in [0.25, 0.3) is 0 Å². The Hall–Kier alpha value is -8.12. The topological polar surface area (TPSA) is 0 Å². The molecule has 23 heteroatoms.